The lowest BCUT2D eigenvalue weighted by molar-refractivity contribution is 0.184. The Kier molecular flexibility index (Phi) is 3.89. The van der Waals surface area contributed by atoms with E-state index in [9.17, 15) is 0 Å². The van der Waals surface area contributed by atoms with Crippen LogP contribution in [0.3, 0.4) is 0 Å². The van der Waals surface area contributed by atoms with Crippen LogP contribution in [0, 0.1) is 0 Å². The first-order valence-electron chi connectivity index (χ1n) is 7.44. The molecule has 0 spiro atoms. The first-order valence-corrected chi connectivity index (χ1v) is 7.44. The Bertz CT molecular complexity index is 552. The summed E-state index contributed by atoms with van der Waals surface area (Å²) in [6, 6.07) is 6.83. The van der Waals surface area contributed by atoms with Crippen molar-refractivity contribution in [1.29, 1.82) is 0 Å². The number of nitrogens with zero attached hydrogens (tertiary/aromatic N) is 4. The predicted octanol–water partition coefficient (Wildman–Crippen LogP) is 1.19. The highest BCUT2D eigenvalue weighted by Crippen LogP contribution is 2.19. The second kappa shape index (κ2) is 5.81. The lowest BCUT2D eigenvalue weighted by atomic mass is 10.1. The second-order valence-electron chi connectivity index (χ2n) is 5.36. The summed E-state index contributed by atoms with van der Waals surface area (Å²) < 4.78 is 2.16. The van der Waals surface area contributed by atoms with E-state index in [4.69, 9.17) is 5.73 Å². The SMILES string of the molecule is CCC(CN)N1CCN(c2cccc3nccn23)CC1. The van der Waals surface area contributed by atoms with Gasteiger partial charge in [0.2, 0.25) is 0 Å². The normalized spacial score (nSPS) is 18.6. The van der Waals surface area contributed by atoms with Crippen molar-refractivity contribution >= 4 is 11.5 Å². The molecule has 20 heavy (non-hydrogen) atoms. The summed E-state index contributed by atoms with van der Waals surface area (Å²) in [7, 11) is 0. The minimum Gasteiger partial charge on any atom is -0.355 e. The molecule has 1 atom stereocenters. The van der Waals surface area contributed by atoms with Gasteiger partial charge < -0.3 is 10.6 Å². The highest BCUT2D eigenvalue weighted by atomic mass is 15.3. The highest BCUT2D eigenvalue weighted by Gasteiger charge is 2.22. The molecule has 2 N–H and O–H groups in total. The lowest BCUT2D eigenvalue weighted by Crippen LogP contribution is -2.52. The summed E-state index contributed by atoms with van der Waals surface area (Å²) in [5.41, 5.74) is 6.87. The van der Waals surface area contributed by atoms with Gasteiger partial charge in [-0.3, -0.25) is 9.30 Å². The van der Waals surface area contributed by atoms with Crippen LogP contribution in [0.2, 0.25) is 0 Å². The quantitative estimate of drug-likeness (QED) is 0.909. The number of anilines is 1. The second-order valence-corrected chi connectivity index (χ2v) is 5.36. The summed E-state index contributed by atoms with van der Waals surface area (Å²) in [6.07, 6.45) is 5.02. The average Bonchev–Trinajstić information content (AvgIpc) is 2.98. The fourth-order valence-electron chi connectivity index (χ4n) is 3.08. The van der Waals surface area contributed by atoms with E-state index in [1.807, 2.05) is 18.5 Å². The van der Waals surface area contributed by atoms with Crippen LogP contribution >= 0.6 is 0 Å². The minimum atomic E-state index is 0.529. The number of pyridine rings is 1. The molecule has 1 aliphatic heterocycles. The van der Waals surface area contributed by atoms with Gasteiger partial charge in [0.25, 0.3) is 0 Å². The van der Waals surface area contributed by atoms with E-state index in [1.54, 1.807) is 0 Å². The van der Waals surface area contributed by atoms with Gasteiger partial charge in [-0.2, -0.15) is 0 Å². The fraction of sp³-hybridized carbons (Fsp3) is 0.533. The Morgan fingerprint density at radius 2 is 2.05 bits per heavy atom. The van der Waals surface area contributed by atoms with E-state index >= 15 is 0 Å². The van der Waals surface area contributed by atoms with Crippen LogP contribution in [-0.2, 0) is 0 Å². The van der Waals surface area contributed by atoms with Gasteiger partial charge in [0, 0.05) is 51.2 Å². The summed E-state index contributed by atoms with van der Waals surface area (Å²) in [4.78, 5) is 9.31. The van der Waals surface area contributed by atoms with Gasteiger partial charge in [-0.1, -0.05) is 13.0 Å². The number of hydrogen-bond donors (Lipinski definition) is 1. The third kappa shape index (κ3) is 2.39. The monoisotopic (exact) mass is 273 g/mol. The summed E-state index contributed by atoms with van der Waals surface area (Å²) >= 11 is 0. The molecule has 0 radical (unpaired) electrons. The molecule has 2 aromatic heterocycles. The van der Waals surface area contributed by atoms with Crippen LogP contribution in [0.5, 0.6) is 0 Å². The molecule has 1 fully saturated rings. The molecule has 108 valence electrons. The van der Waals surface area contributed by atoms with E-state index < -0.39 is 0 Å². The van der Waals surface area contributed by atoms with Gasteiger partial charge in [-0.05, 0) is 18.6 Å². The summed E-state index contributed by atoms with van der Waals surface area (Å²) in [6.45, 7) is 7.24. The van der Waals surface area contributed by atoms with E-state index in [-0.39, 0.29) is 0 Å². The van der Waals surface area contributed by atoms with Gasteiger partial charge in [0.05, 0.1) is 0 Å². The predicted molar refractivity (Wildman–Crippen MR) is 82.1 cm³/mol. The van der Waals surface area contributed by atoms with Crippen LogP contribution in [0.15, 0.2) is 30.6 Å². The van der Waals surface area contributed by atoms with Gasteiger partial charge >= 0.3 is 0 Å². The van der Waals surface area contributed by atoms with Crippen LogP contribution in [-0.4, -0.2) is 53.1 Å². The molecule has 5 heteroatoms. The van der Waals surface area contributed by atoms with Crippen molar-refractivity contribution in [2.75, 3.05) is 37.6 Å². The zero-order valence-electron chi connectivity index (χ0n) is 12.1. The van der Waals surface area contributed by atoms with Crippen molar-refractivity contribution in [2.24, 2.45) is 5.73 Å². The maximum Gasteiger partial charge on any atom is 0.138 e. The van der Waals surface area contributed by atoms with Crippen molar-refractivity contribution < 1.29 is 0 Å². The van der Waals surface area contributed by atoms with Crippen molar-refractivity contribution in [1.82, 2.24) is 14.3 Å². The molecule has 0 aliphatic carbocycles. The zero-order valence-corrected chi connectivity index (χ0v) is 12.1. The molecular formula is C15H23N5. The third-order valence-corrected chi connectivity index (χ3v) is 4.30. The van der Waals surface area contributed by atoms with E-state index in [0.717, 1.165) is 44.8 Å². The largest absolute Gasteiger partial charge is 0.355 e. The molecule has 0 saturated carbocycles. The van der Waals surface area contributed by atoms with E-state index in [2.05, 4.69) is 38.2 Å². The summed E-state index contributed by atoms with van der Waals surface area (Å²) in [5, 5.41) is 0. The Balaban J connectivity index is 1.73. The molecule has 1 unspecified atom stereocenters. The maximum atomic E-state index is 5.85. The van der Waals surface area contributed by atoms with Crippen LogP contribution in [0.4, 0.5) is 5.82 Å². The van der Waals surface area contributed by atoms with Crippen molar-refractivity contribution in [2.45, 2.75) is 19.4 Å². The molecule has 3 heterocycles. The molecule has 1 saturated heterocycles. The fourth-order valence-corrected chi connectivity index (χ4v) is 3.08. The standard InChI is InChI=1S/C15H23N5/c1-2-13(12-16)18-8-10-19(11-9-18)15-5-3-4-14-17-6-7-20(14)15/h3-7,13H,2,8-12,16H2,1H3. The number of fused-ring (bicyclic) bond motifs is 1. The molecule has 3 rings (SSSR count). The number of nitrogens with two attached hydrogens (primary N) is 1. The van der Waals surface area contributed by atoms with Crippen molar-refractivity contribution in [3.63, 3.8) is 0 Å². The minimum absolute atomic E-state index is 0.529. The van der Waals surface area contributed by atoms with Gasteiger partial charge in [0.1, 0.15) is 11.5 Å². The third-order valence-electron chi connectivity index (χ3n) is 4.30. The lowest BCUT2D eigenvalue weighted by Gasteiger charge is -2.39. The Labute approximate surface area is 120 Å². The van der Waals surface area contributed by atoms with Gasteiger partial charge in [-0.15, -0.1) is 0 Å². The average molecular weight is 273 g/mol. The van der Waals surface area contributed by atoms with Crippen LogP contribution in [0.25, 0.3) is 5.65 Å². The van der Waals surface area contributed by atoms with Gasteiger partial charge in [-0.25, -0.2) is 4.98 Å². The van der Waals surface area contributed by atoms with E-state index in [1.165, 1.54) is 5.82 Å². The van der Waals surface area contributed by atoms with Crippen LogP contribution in [0.1, 0.15) is 13.3 Å². The molecule has 1 aliphatic rings. The molecular weight excluding hydrogens is 250 g/mol. The van der Waals surface area contributed by atoms with Crippen LogP contribution < -0.4 is 10.6 Å². The maximum absolute atomic E-state index is 5.85. The number of imidazole rings is 1. The number of hydrogen-bond acceptors (Lipinski definition) is 4. The number of aromatic nitrogens is 2. The molecule has 0 bridgehead atoms. The topological polar surface area (TPSA) is 49.8 Å². The van der Waals surface area contributed by atoms with E-state index in [0.29, 0.717) is 6.04 Å². The molecule has 0 amide bonds. The Hall–Kier alpha value is -1.59. The number of piperazine rings is 1. The number of rotatable bonds is 4. The van der Waals surface area contributed by atoms with Crippen molar-refractivity contribution in [3.05, 3.63) is 30.6 Å². The Morgan fingerprint density at radius 3 is 2.75 bits per heavy atom. The Morgan fingerprint density at radius 1 is 1.25 bits per heavy atom. The molecule has 2 aromatic rings. The van der Waals surface area contributed by atoms with Gasteiger partial charge in [0.15, 0.2) is 0 Å². The highest BCUT2D eigenvalue weighted by molar-refractivity contribution is 5.51. The first kappa shape index (κ1) is 13.4. The van der Waals surface area contributed by atoms with Crippen molar-refractivity contribution in [3.8, 4) is 0 Å². The molecule has 0 aromatic carbocycles. The summed E-state index contributed by atoms with van der Waals surface area (Å²) in [5.74, 6) is 1.24. The first-order chi connectivity index (χ1) is 9.83. The smallest absolute Gasteiger partial charge is 0.138 e. The molecule has 5 nitrogen and oxygen atoms in total. The zero-order chi connectivity index (χ0) is 13.9.